The third kappa shape index (κ3) is 1.44. The molecule has 1 aliphatic carbocycles. The molecule has 88 valence electrons. The number of fused-ring (bicyclic) bond motifs is 1. The predicted molar refractivity (Wildman–Crippen MR) is 58.6 cm³/mol. The maximum atomic E-state index is 11.8. The topological polar surface area (TPSA) is 57.6 Å². The molecule has 1 unspecified atom stereocenters. The highest BCUT2D eigenvalue weighted by atomic mass is 16.4. The fourth-order valence-electron chi connectivity index (χ4n) is 2.78. The molecule has 1 N–H and O–H groups in total. The molecule has 0 saturated carbocycles. The first-order valence-electron chi connectivity index (χ1n) is 5.86. The van der Waals surface area contributed by atoms with Crippen LogP contribution in [-0.2, 0) is 9.59 Å². The van der Waals surface area contributed by atoms with Crippen LogP contribution < -0.4 is 0 Å². The van der Waals surface area contributed by atoms with E-state index in [0.717, 1.165) is 18.5 Å². The quantitative estimate of drug-likeness (QED) is 0.793. The van der Waals surface area contributed by atoms with Crippen LogP contribution >= 0.6 is 0 Å². The molecule has 16 heavy (non-hydrogen) atoms. The first-order valence-corrected chi connectivity index (χ1v) is 5.86. The summed E-state index contributed by atoms with van der Waals surface area (Å²) in [5.74, 6) is -0.697. The number of aliphatic carboxylic acids is 1. The van der Waals surface area contributed by atoms with Gasteiger partial charge < -0.3 is 10.0 Å². The van der Waals surface area contributed by atoms with Crippen molar-refractivity contribution in [2.24, 2.45) is 5.41 Å². The molecule has 2 rings (SSSR count). The van der Waals surface area contributed by atoms with Gasteiger partial charge in [0.1, 0.15) is 5.41 Å². The summed E-state index contributed by atoms with van der Waals surface area (Å²) in [5, 5.41) is 9.39. The van der Waals surface area contributed by atoms with E-state index in [1.54, 1.807) is 4.90 Å². The molecule has 4 nitrogen and oxygen atoms in total. The smallest absolute Gasteiger partial charge is 0.315 e. The standard InChI is InChI=1S/C12H17NO3/c1-2-8-13-9-4-3-6-12(9,11(15)16)7-5-10(13)14/h4H,2-3,5-8H2,1H3,(H,15,16). The Kier molecular flexibility index (Phi) is 2.74. The number of allylic oxidation sites excluding steroid dienone is 1. The number of carbonyl (C=O) groups is 2. The molecule has 1 fully saturated rings. The molecule has 4 heteroatoms. The van der Waals surface area contributed by atoms with Crippen LogP contribution in [0.5, 0.6) is 0 Å². The summed E-state index contributed by atoms with van der Waals surface area (Å²) in [6.07, 6.45) is 5.04. The van der Waals surface area contributed by atoms with Crippen LogP contribution in [0.25, 0.3) is 0 Å². The molecule has 1 amide bonds. The lowest BCUT2D eigenvalue weighted by atomic mass is 9.77. The van der Waals surface area contributed by atoms with Crippen molar-refractivity contribution < 1.29 is 14.7 Å². The van der Waals surface area contributed by atoms with Gasteiger partial charge in [-0.05, 0) is 25.7 Å². The Labute approximate surface area is 94.9 Å². The molecule has 0 aromatic carbocycles. The second-order valence-electron chi connectivity index (χ2n) is 4.56. The van der Waals surface area contributed by atoms with Crippen LogP contribution in [-0.4, -0.2) is 28.4 Å². The van der Waals surface area contributed by atoms with Crippen LogP contribution in [0.2, 0.25) is 0 Å². The number of carboxylic acid groups (broad SMARTS) is 1. The largest absolute Gasteiger partial charge is 0.481 e. The molecule has 0 spiro atoms. The zero-order valence-electron chi connectivity index (χ0n) is 9.53. The van der Waals surface area contributed by atoms with Crippen molar-refractivity contribution in [2.75, 3.05) is 6.54 Å². The molecule has 0 bridgehead atoms. The van der Waals surface area contributed by atoms with Crippen molar-refractivity contribution in [2.45, 2.75) is 39.0 Å². The van der Waals surface area contributed by atoms with Crippen molar-refractivity contribution in [3.63, 3.8) is 0 Å². The van der Waals surface area contributed by atoms with Crippen LogP contribution in [0.3, 0.4) is 0 Å². The fourth-order valence-corrected chi connectivity index (χ4v) is 2.78. The van der Waals surface area contributed by atoms with Gasteiger partial charge in [0.2, 0.25) is 5.91 Å². The van der Waals surface area contributed by atoms with Gasteiger partial charge in [-0.2, -0.15) is 0 Å². The first-order chi connectivity index (χ1) is 7.62. The van der Waals surface area contributed by atoms with E-state index in [-0.39, 0.29) is 5.91 Å². The Bertz CT molecular complexity index is 361. The van der Waals surface area contributed by atoms with E-state index in [1.165, 1.54) is 0 Å². The average molecular weight is 223 g/mol. The van der Waals surface area contributed by atoms with E-state index in [4.69, 9.17) is 0 Å². The van der Waals surface area contributed by atoms with Crippen molar-refractivity contribution in [3.05, 3.63) is 11.8 Å². The highest BCUT2D eigenvalue weighted by Crippen LogP contribution is 2.48. The van der Waals surface area contributed by atoms with E-state index in [0.29, 0.717) is 25.8 Å². The van der Waals surface area contributed by atoms with Gasteiger partial charge in [0.05, 0.1) is 0 Å². The highest BCUT2D eigenvalue weighted by molar-refractivity contribution is 5.87. The molecular formula is C12H17NO3. The summed E-state index contributed by atoms with van der Waals surface area (Å²) in [6.45, 7) is 2.64. The van der Waals surface area contributed by atoms with Gasteiger partial charge in [0.25, 0.3) is 0 Å². The minimum atomic E-state index is -0.775. The van der Waals surface area contributed by atoms with E-state index in [1.807, 2.05) is 13.0 Å². The SMILES string of the molecule is CCCN1C(=O)CCC2(C(=O)O)CCC=C12. The minimum Gasteiger partial charge on any atom is -0.481 e. The van der Waals surface area contributed by atoms with Crippen molar-refractivity contribution in [1.82, 2.24) is 4.90 Å². The fraction of sp³-hybridized carbons (Fsp3) is 0.667. The number of carbonyl (C=O) groups excluding carboxylic acids is 1. The number of rotatable bonds is 3. The van der Waals surface area contributed by atoms with Gasteiger partial charge in [-0.15, -0.1) is 0 Å². The average Bonchev–Trinajstić information content (AvgIpc) is 2.67. The lowest BCUT2D eigenvalue weighted by molar-refractivity contribution is -0.151. The molecule has 1 heterocycles. The van der Waals surface area contributed by atoms with Gasteiger partial charge in [0.15, 0.2) is 0 Å². The van der Waals surface area contributed by atoms with E-state index >= 15 is 0 Å². The number of hydrogen-bond donors (Lipinski definition) is 1. The molecule has 2 aliphatic rings. The van der Waals surface area contributed by atoms with Gasteiger partial charge >= 0.3 is 5.97 Å². The summed E-state index contributed by atoms with van der Waals surface area (Å²) in [5.41, 5.74) is -0.0265. The number of amides is 1. The zero-order chi connectivity index (χ0) is 11.8. The first kappa shape index (κ1) is 11.2. The minimum absolute atomic E-state index is 0.0758. The van der Waals surface area contributed by atoms with Gasteiger partial charge in [-0.25, -0.2) is 0 Å². The number of nitrogens with zero attached hydrogens (tertiary/aromatic N) is 1. The summed E-state index contributed by atoms with van der Waals surface area (Å²) in [6, 6.07) is 0. The monoisotopic (exact) mass is 223 g/mol. The molecular weight excluding hydrogens is 206 g/mol. The summed E-state index contributed by atoms with van der Waals surface area (Å²) in [7, 11) is 0. The molecule has 1 saturated heterocycles. The Balaban J connectivity index is 2.34. The number of carboxylic acids is 1. The van der Waals surface area contributed by atoms with Gasteiger partial charge in [-0.1, -0.05) is 13.0 Å². The third-order valence-electron chi connectivity index (χ3n) is 3.61. The number of likely N-dealkylation sites (tertiary alicyclic amines) is 1. The Morgan fingerprint density at radius 2 is 2.31 bits per heavy atom. The predicted octanol–water partition coefficient (Wildman–Crippen LogP) is 1.77. The van der Waals surface area contributed by atoms with Crippen molar-refractivity contribution in [1.29, 1.82) is 0 Å². The number of hydrogen-bond acceptors (Lipinski definition) is 2. The lowest BCUT2D eigenvalue weighted by Gasteiger charge is -2.39. The molecule has 1 atom stereocenters. The Morgan fingerprint density at radius 1 is 1.56 bits per heavy atom. The Morgan fingerprint density at radius 3 is 2.94 bits per heavy atom. The maximum absolute atomic E-state index is 11.8. The van der Waals surface area contributed by atoms with Crippen LogP contribution in [0.15, 0.2) is 11.8 Å². The summed E-state index contributed by atoms with van der Waals surface area (Å²) < 4.78 is 0. The van der Waals surface area contributed by atoms with E-state index in [2.05, 4.69) is 0 Å². The van der Waals surface area contributed by atoms with E-state index < -0.39 is 11.4 Å². The summed E-state index contributed by atoms with van der Waals surface area (Å²) in [4.78, 5) is 24.9. The normalized spacial score (nSPS) is 28.9. The van der Waals surface area contributed by atoms with E-state index in [9.17, 15) is 14.7 Å². The number of piperidine rings is 1. The van der Waals surface area contributed by atoms with Crippen LogP contribution in [0, 0.1) is 5.41 Å². The highest BCUT2D eigenvalue weighted by Gasteiger charge is 2.50. The molecule has 0 radical (unpaired) electrons. The Hall–Kier alpha value is -1.32. The van der Waals surface area contributed by atoms with Crippen LogP contribution in [0.4, 0.5) is 0 Å². The maximum Gasteiger partial charge on any atom is 0.315 e. The second-order valence-corrected chi connectivity index (χ2v) is 4.56. The summed E-state index contributed by atoms with van der Waals surface area (Å²) >= 11 is 0. The van der Waals surface area contributed by atoms with Crippen molar-refractivity contribution >= 4 is 11.9 Å². The molecule has 1 aliphatic heterocycles. The third-order valence-corrected chi connectivity index (χ3v) is 3.61. The molecule has 0 aromatic heterocycles. The lowest BCUT2D eigenvalue weighted by Crippen LogP contribution is -2.46. The van der Waals surface area contributed by atoms with Crippen molar-refractivity contribution in [3.8, 4) is 0 Å². The van der Waals surface area contributed by atoms with Gasteiger partial charge in [0, 0.05) is 18.7 Å². The molecule has 0 aromatic rings. The second kappa shape index (κ2) is 3.92. The van der Waals surface area contributed by atoms with Gasteiger partial charge in [-0.3, -0.25) is 9.59 Å². The zero-order valence-corrected chi connectivity index (χ0v) is 9.53. The van der Waals surface area contributed by atoms with Crippen LogP contribution in [0.1, 0.15) is 39.0 Å².